The number of ether oxygens (including phenoxy) is 1. The van der Waals surface area contributed by atoms with Crippen LogP contribution in [0.4, 0.5) is 0 Å². The molecule has 0 aliphatic heterocycles. The molecule has 2 aromatic carbocycles. The van der Waals surface area contributed by atoms with Gasteiger partial charge in [0.05, 0.1) is 18.9 Å². The number of hydrogen-bond donors (Lipinski definition) is 1. The zero-order valence-corrected chi connectivity index (χ0v) is 11.8. The quantitative estimate of drug-likeness (QED) is 0.794. The molecule has 0 unspecified atom stereocenters. The Hall–Kier alpha value is -3.08. The van der Waals surface area contributed by atoms with Gasteiger partial charge in [-0.3, -0.25) is 0 Å². The van der Waals surface area contributed by atoms with Crippen LogP contribution < -0.4 is 4.74 Å². The molecule has 0 amide bonds. The molecule has 0 aliphatic carbocycles. The van der Waals surface area contributed by atoms with Gasteiger partial charge < -0.3 is 14.3 Å². The Balaban J connectivity index is 1.91. The maximum absolute atomic E-state index is 10.8. The highest BCUT2D eigenvalue weighted by molar-refractivity contribution is 5.88. The highest BCUT2D eigenvalue weighted by atomic mass is 16.5. The highest BCUT2D eigenvalue weighted by Crippen LogP contribution is 2.28. The normalized spacial score (nSPS) is 10.4. The van der Waals surface area contributed by atoms with Gasteiger partial charge in [-0.1, -0.05) is 12.1 Å². The number of benzene rings is 2. The van der Waals surface area contributed by atoms with Gasteiger partial charge in [0.2, 0.25) is 5.89 Å². The molecule has 22 heavy (non-hydrogen) atoms. The molecular formula is C17H13NO4. The van der Waals surface area contributed by atoms with Crippen molar-refractivity contribution in [2.75, 3.05) is 7.11 Å². The second kappa shape index (κ2) is 5.73. The summed E-state index contributed by atoms with van der Waals surface area (Å²) in [5.41, 5.74) is 1.81. The lowest BCUT2D eigenvalue weighted by molar-refractivity contribution is 0.0697. The van der Waals surface area contributed by atoms with Gasteiger partial charge in [-0.2, -0.15) is 0 Å². The molecule has 0 atom stereocenters. The summed E-state index contributed by atoms with van der Waals surface area (Å²) in [6.07, 6.45) is 1.63. The van der Waals surface area contributed by atoms with E-state index < -0.39 is 5.97 Å². The number of methoxy groups -OCH3 is 1. The lowest BCUT2D eigenvalue weighted by Crippen LogP contribution is -1.94. The minimum atomic E-state index is -0.962. The van der Waals surface area contributed by atoms with Crippen LogP contribution in [0.5, 0.6) is 5.75 Å². The van der Waals surface area contributed by atoms with Crippen LogP contribution in [-0.2, 0) is 0 Å². The summed E-state index contributed by atoms with van der Waals surface area (Å²) in [5, 5.41) is 8.90. The van der Waals surface area contributed by atoms with Crippen molar-refractivity contribution in [1.29, 1.82) is 0 Å². The monoisotopic (exact) mass is 295 g/mol. The van der Waals surface area contributed by atoms with Gasteiger partial charge in [0.1, 0.15) is 5.75 Å². The predicted molar refractivity (Wildman–Crippen MR) is 80.9 cm³/mol. The van der Waals surface area contributed by atoms with Crippen molar-refractivity contribution in [3.63, 3.8) is 0 Å². The second-order valence-electron chi connectivity index (χ2n) is 4.64. The first-order valence-corrected chi connectivity index (χ1v) is 6.61. The fourth-order valence-electron chi connectivity index (χ4n) is 2.07. The van der Waals surface area contributed by atoms with E-state index in [1.54, 1.807) is 25.4 Å². The molecule has 3 rings (SSSR count). The lowest BCUT2D eigenvalue weighted by Gasteiger charge is -2.01. The number of nitrogens with zero attached hydrogens (tertiary/aromatic N) is 1. The van der Waals surface area contributed by atoms with E-state index in [9.17, 15) is 4.79 Å². The summed E-state index contributed by atoms with van der Waals surface area (Å²) >= 11 is 0. The van der Waals surface area contributed by atoms with Crippen LogP contribution in [0.25, 0.3) is 22.8 Å². The minimum Gasteiger partial charge on any atom is -0.497 e. The van der Waals surface area contributed by atoms with Crippen LogP contribution in [0, 0.1) is 0 Å². The van der Waals surface area contributed by atoms with Crippen LogP contribution in [0.1, 0.15) is 10.4 Å². The summed E-state index contributed by atoms with van der Waals surface area (Å²) in [7, 11) is 1.61. The summed E-state index contributed by atoms with van der Waals surface area (Å²) in [4.78, 5) is 15.1. The van der Waals surface area contributed by atoms with Crippen molar-refractivity contribution in [2.24, 2.45) is 0 Å². The lowest BCUT2D eigenvalue weighted by atomic mass is 10.1. The largest absolute Gasteiger partial charge is 0.497 e. The van der Waals surface area contributed by atoms with E-state index in [0.717, 1.165) is 16.9 Å². The molecule has 5 nitrogen and oxygen atoms in total. The number of carbonyl (C=O) groups is 1. The van der Waals surface area contributed by atoms with E-state index >= 15 is 0 Å². The Morgan fingerprint density at radius 1 is 1.14 bits per heavy atom. The Kier molecular flexibility index (Phi) is 3.62. The molecule has 5 heteroatoms. The summed E-state index contributed by atoms with van der Waals surface area (Å²) < 4.78 is 10.9. The SMILES string of the molecule is COc1cccc(-c2cnc(-c3ccc(C(=O)O)cc3)o2)c1. The summed E-state index contributed by atoms with van der Waals surface area (Å²) in [5.74, 6) is 0.836. The van der Waals surface area contributed by atoms with Crippen LogP contribution in [0.3, 0.4) is 0 Å². The van der Waals surface area contributed by atoms with Crippen molar-refractivity contribution in [3.8, 4) is 28.5 Å². The Morgan fingerprint density at radius 2 is 1.91 bits per heavy atom. The molecule has 0 saturated carbocycles. The number of oxazole rings is 1. The Bertz CT molecular complexity index is 806. The Morgan fingerprint density at radius 3 is 2.59 bits per heavy atom. The van der Waals surface area contributed by atoms with E-state index in [1.165, 1.54) is 12.1 Å². The molecule has 0 bridgehead atoms. The molecule has 110 valence electrons. The summed E-state index contributed by atoms with van der Waals surface area (Å²) in [6, 6.07) is 13.9. The molecule has 0 radical (unpaired) electrons. The first-order valence-electron chi connectivity index (χ1n) is 6.61. The number of hydrogen-bond acceptors (Lipinski definition) is 4. The number of aromatic nitrogens is 1. The molecule has 1 aromatic heterocycles. The van der Waals surface area contributed by atoms with E-state index in [4.69, 9.17) is 14.3 Å². The third-order valence-electron chi connectivity index (χ3n) is 3.24. The average molecular weight is 295 g/mol. The van der Waals surface area contributed by atoms with Crippen molar-refractivity contribution in [3.05, 3.63) is 60.3 Å². The van der Waals surface area contributed by atoms with Gasteiger partial charge in [-0.15, -0.1) is 0 Å². The van der Waals surface area contributed by atoms with Crippen molar-refractivity contribution in [1.82, 2.24) is 4.98 Å². The first-order chi connectivity index (χ1) is 10.7. The third kappa shape index (κ3) is 2.69. The zero-order chi connectivity index (χ0) is 15.5. The molecule has 1 N–H and O–H groups in total. The van der Waals surface area contributed by atoms with E-state index in [2.05, 4.69) is 4.98 Å². The summed E-state index contributed by atoms with van der Waals surface area (Å²) in [6.45, 7) is 0. The third-order valence-corrected chi connectivity index (χ3v) is 3.24. The minimum absolute atomic E-state index is 0.225. The van der Waals surface area contributed by atoms with E-state index in [0.29, 0.717) is 11.7 Å². The molecule has 3 aromatic rings. The smallest absolute Gasteiger partial charge is 0.335 e. The maximum atomic E-state index is 10.8. The van der Waals surface area contributed by atoms with Crippen molar-refractivity contribution in [2.45, 2.75) is 0 Å². The zero-order valence-electron chi connectivity index (χ0n) is 11.8. The van der Waals surface area contributed by atoms with Gasteiger partial charge in [-0.05, 0) is 36.4 Å². The predicted octanol–water partition coefficient (Wildman–Crippen LogP) is 3.72. The van der Waals surface area contributed by atoms with Crippen LogP contribution in [0.15, 0.2) is 59.1 Å². The fraction of sp³-hybridized carbons (Fsp3) is 0.0588. The van der Waals surface area contributed by atoms with Gasteiger partial charge in [-0.25, -0.2) is 9.78 Å². The van der Waals surface area contributed by atoms with Gasteiger partial charge in [0.15, 0.2) is 5.76 Å². The fourth-order valence-corrected chi connectivity index (χ4v) is 2.07. The molecule has 0 saturated heterocycles. The standard InChI is InChI=1S/C17H13NO4/c1-21-14-4-2-3-13(9-14)15-10-18-16(22-15)11-5-7-12(8-6-11)17(19)20/h2-10H,1H3,(H,19,20). The van der Waals surface area contributed by atoms with Gasteiger partial charge >= 0.3 is 5.97 Å². The molecule has 0 aliphatic rings. The van der Waals surface area contributed by atoms with Crippen LogP contribution >= 0.6 is 0 Å². The number of carboxylic acid groups (broad SMARTS) is 1. The molecule has 1 heterocycles. The van der Waals surface area contributed by atoms with Crippen LogP contribution in [0.2, 0.25) is 0 Å². The molecular weight excluding hydrogens is 282 g/mol. The number of carboxylic acids is 1. The van der Waals surface area contributed by atoms with Crippen molar-refractivity contribution >= 4 is 5.97 Å². The Labute approximate surface area is 126 Å². The molecule has 0 fully saturated rings. The van der Waals surface area contributed by atoms with Crippen LogP contribution in [-0.4, -0.2) is 23.2 Å². The van der Waals surface area contributed by atoms with E-state index in [1.807, 2.05) is 24.3 Å². The highest BCUT2D eigenvalue weighted by Gasteiger charge is 2.10. The maximum Gasteiger partial charge on any atom is 0.335 e. The number of rotatable bonds is 4. The first kappa shape index (κ1) is 13.9. The molecule has 0 spiro atoms. The topological polar surface area (TPSA) is 72.6 Å². The van der Waals surface area contributed by atoms with Gasteiger partial charge in [0, 0.05) is 11.1 Å². The average Bonchev–Trinajstić information content (AvgIpc) is 3.05. The van der Waals surface area contributed by atoms with Crippen molar-refractivity contribution < 1.29 is 19.1 Å². The second-order valence-corrected chi connectivity index (χ2v) is 4.64. The van der Waals surface area contributed by atoms with E-state index in [-0.39, 0.29) is 5.56 Å². The van der Waals surface area contributed by atoms with Gasteiger partial charge in [0.25, 0.3) is 0 Å². The number of aromatic carboxylic acids is 1.